The molecule has 1 atom stereocenters. The number of hydrogen-bond acceptors (Lipinski definition) is 4. The van der Waals surface area contributed by atoms with Gasteiger partial charge in [0.1, 0.15) is 0 Å². The smallest absolute Gasteiger partial charge is 0.191 e. The molecule has 28 heavy (non-hydrogen) atoms. The zero-order valence-electron chi connectivity index (χ0n) is 17.2. The lowest BCUT2D eigenvalue weighted by Gasteiger charge is -2.16. The first kappa shape index (κ1) is 20.8. The van der Waals surface area contributed by atoms with Crippen LogP contribution in [0.5, 0.6) is 0 Å². The predicted molar refractivity (Wildman–Crippen MR) is 119 cm³/mol. The summed E-state index contributed by atoms with van der Waals surface area (Å²) < 4.78 is 0. The summed E-state index contributed by atoms with van der Waals surface area (Å²) in [5.41, 5.74) is 2.59. The summed E-state index contributed by atoms with van der Waals surface area (Å²) in [6, 6.07) is 10.8. The Balaban J connectivity index is 1.39. The molecule has 5 nitrogen and oxygen atoms in total. The van der Waals surface area contributed by atoms with Crippen molar-refractivity contribution >= 4 is 17.3 Å². The molecule has 2 N–H and O–H groups in total. The zero-order chi connectivity index (χ0) is 19.6. The molecule has 1 saturated heterocycles. The molecule has 1 aromatic carbocycles. The van der Waals surface area contributed by atoms with Gasteiger partial charge in [-0.15, -0.1) is 11.3 Å². The molecule has 2 heterocycles. The number of thiazole rings is 1. The van der Waals surface area contributed by atoms with Gasteiger partial charge in [-0.1, -0.05) is 30.3 Å². The van der Waals surface area contributed by atoms with Crippen LogP contribution in [-0.2, 0) is 12.8 Å². The third-order valence-electron chi connectivity index (χ3n) is 5.12. The van der Waals surface area contributed by atoms with E-state index in [1.165, 1.54) is 18.5 Å². The summed E-state index contributed by atoms with van der Waals surface area (Å²) >= 11 is 1.71. The van der Waals surface area contributed by atoms with Crippen molar-refractivity contribution in [2.45, 2.75) is 33.1 Å². The summed E-state index contributed by atoms with van der Waals surface area (Å²) in [6.45, 7) is 10.3. The molecule has 0 spiro atoms. The molecule has 0 radical (unpaired) electrons. The minimum Gasteiger partial charge on any atom is -0.357 e. The highest BCUT2D eigenvalue weighted by molar-refractivity contribution is 7.09. The molecule has 1 unspecified atom stereocenters. The van der Waals surface area contributed by atoms with Gasteiger partial charge in [-0.05, 0) is 44.7 Å². The van der Waals surface area contributed by atoms with Gasteiger partial charge in [0, 0.05) is 44.5 Å². The van der Waals surface area contributed by atoms with Crippen molar-refractivity contribution < 1.29 is 0 Å². The number of nitrogens with zero attached hydrogens (tertiary/aromatic N) is 3. The molecule has 1 aromatic heterocycles. The minimum atomic E-state index is 0.660. The van der Waals surface area contributed by atoms with Crippen LogP contribution in [0, 0.1) is 12.8 Å². The van der Waals surface area contributed by atoms with Gasteiger partial charge in [-0.25, -0.2) is 4.98 Å². The molecule has 0 bridgehead atoms. The third kappa shape index (κ3) is 6.91. The van der Waals surface area contributed by atoms with E-state index in [2.05, 4.69) is 70.1 Å². The van der Waals surface area contributed by atoms with Crippen LogP contribution in [-0.4, -0.2) is 55.1 Å². The first-order valence-electron chi connectivity index (χ1n) is 10.4. The Labute approximate surface area is 173 Å². The average Bonchev–Trinajstić information content (AvgIpc) is 3.34. The number of guanidine groups is 1. The molecule has 0 amide bonds. The van der Waals surface area contributed by atoms with E-state index in [-0.39, 0.29) is 0 Å². The highest BCUT2D eigenvalue weighted by Crippen LogP contribution is 2.17. The molecule has 2 aromatic rings. The molecule has 152 valence electrons. The summed E-state index contributed by atoms with van der Waals surface area (Å²) in [5, 5.41) is 10.1. The minimum absolute atomic E-state index is 0.660. The van der Waals surface area contributed by atoms with Crippen LogP contribution in [0.25, 0.3) is 0 Å². The first-order valence-corrected chi connectivity index (χ1v) is 11.3. The second-order valence-electron chi connectivity index (χ2n) is 7.45. The van der Waals surface area contributed by atoms with E-state index in [0.29, 0.717) is 5.92 Å². The number of benzene rings is 1. The number of aliphatic imine (C=N–C) groups is 1. The quantitative estimate of drug-likeness (QED) is 0.502. The topological polar surface area (TPSA) is 52.6 Å². The van der Waals surface area contributed by atoms with Crippen molar-refractivity contribution in [2.75, 3.05) is 39.3 Å². The normalized spacial score (nSPS) is 17.8. The van der Waals surface area contributed by atoms with E-state index in [1.807, 2.05) is 0 Å². The molecule has 6 heteroatoms. The summed E-state index contributed by atoms with van der Waals surface area (Å²) in [4.78, 5) is 11.9. The van der Waals surface area contributed by atoms with Crippen LogP contribution in [0.3, 0.4) is 0 Å². The molecule has 1 fully saturated rings. The highest BCUT2D eigenvalue weighted by atomic mass is 32.1. The lowest BCUT2D eigenvalue weighted by Crippen LogP contribution is -2.38. The Bertz CT molecular complexity index is 728. The van der Waals surface area contributed by atoms with E-state index < -0.39 is 0 Å². The number of hydrogen-bond donors (Lipinski definition) is 2. The van der Waals surface area contributed by atoms with Crippen LogP contribution in [0.1, 0.15) is 29.6 Å². The van der Waals surface area contributed by atoms with Gasteiger partial charge >= 0.3 is 0 Å². The number of nitrogens with one attached hydrogen (secondary N) is 2. The lowest BCUT2D eigenvalue weighted by atomic mass is 10.1. The van der Waals surface area contributed by atoms with Gasteiger partial charge in [-0.3, -0.25) is 4.99 Å². The van der Waals surface area contributed by atoms with Gasteiger partial charge in [0.05, 0.1) is 10.7 Å². The molecule has 0 saturated carbocycles. The number of likely N-dealkylation sites (tertiary alicyclic amines) is 1. The maximum absolute atomic E-state index is 4.83. The van der Waals surface area contributed by atoms with E-state index in [4.69, 9.17) is 4.99 Å². The van der Waals surface area contributed by atoms with Crippen molar-refractivity contribution in [3.63, 3.8) is 0 Å². The van der Waals surface area contributed by atoms with Gasteiger partial charge in [0.15, 0.2) is 5.96 Å². The Morgan fingerprint density at radius 1 is 1.25 bits per heavy atom. The molecule has 3 rings (SSSR count). The second kappa shape index (κ2) is 11.2. The summed E-state index contributed by atoms with van der Waals surface area (Å²) in [5.74, 6) is 1.59. The number of aryl methyl sites for hydroxylation is 1. The van der Waals surface area contributed by atoms with Gasteiger partial charge in [0.25, 0.3) is 0 Å². The standard InChI is InChI=1S/C22H33N5S/c1-3-23-22(24-12-9-21-17-28-18(2)26-21)25-15-20-11-14-27(16-20)13-10-19-7-5-4-6-8-19/h4-8,17,20H,3,9-16H2,1-2H3,(H2,23,24,25). The van der Waals surface area contributed by atoms with Gasteiger partial charge < -0.3 is 15.5 Å². The fourth-order valence-electron chi connectivity index (χ4n) is 3.59. The fraction of sp³-hybridized carbons (Fsp3) is 0.545. The fourth-order valence-corrected chi connectivity index (χ4v) is 4.24. The Kier molecular flexibility index (Phi) is 8.30. The van der Waals surface area contributed by atoms with Crippen molar-refractivity contribution in [3.8, 4) is 0 Å². The summed E-state index contributed by atoms with van der Waals surface area (Å²) in [7, 11) is 0. The first-order chi connectivity index (χ1) is 13.7. The van der Waals surface area contributed by atoms with E-state index in [0.717, 1.165) is 62.2 Å². The lowest BCUT2D eigenvalue weighted by molar-refractivity contribution is 0.329. The van der Waals surface area contributed by atoms with Crippen LogP contribution < -0.4 is 10.6 Å². The largest absolute Gasteiger partial charge is 0.357 e. The molecule has 1 aliphatic rings. The Hall–Kier alpha value is -1.92. The predicted octanol–water partition coefficient (Wildman–Crippen LogP) is 3.11. The SMILES string of the molecule is CCNC(=NCC1CCN(CCc2ccccc2)C1)NCCc1csc(C)n1. The number of rotatable bonds is 9. The zero-order valence-corrected chi connectivity index (χ0v) is 18.0. The average molecular weight is 400 g/mol. The van der Waals surface area contributed by atoms with Gasteiger partial charge in [-0.2, -0.15) is 0 Å². The molecular formula is C22H33N5S. The van der Waals surface area contributed by atoms with E-state index in [9.17, 15) is 0 Å². The van der Waals surface area contributed by atoms with E-state index in [1.54, 1.807) is 11.3 Å². The van der Waals surface area contributed by atoms with Crippen molar-refractivity contribution in [1.82, 2.24) is 20.5 Å². The molecule has 1 aliphatic heterocycles. The summed E-state index contributed by atoms with van der Waals surface area (Å²) in [6.07, 6.45) is 3.32. The van der Waals surface area contributed by atoms with E-state index >= 15 is 0 Å². The van der Waals surface area contributed by atoms with Crippen LogP contribution in [0.15, 0.2) is 40.7 Å². The molecule has 0 aliphatic carbocycles. The van der Waals surface area contributed by atoms with Crippen LogP contribution >= 0.6 is 11.3 Å². The van der Waals surface area contributed by atoms with Crippen molar-refractivity contribution in [3.05, 3.63) is 52.0 Å². The monoisotopic (exact) mass is 399 g/mol. The molecular weight excluding hydrogens is 366 g/mol. The maximum atomic E-state index is 4.83. The Morgan fingerprint density at radius 2 is 2.11 bits per heavy atom. The van der Waals surface area contributed by atoms with Crippen LogP contribution in [0.4, 0.5) is 0 Å². The third-order valence-corrected chi connectivity index (χ3v) is 5.94. The van der Waals surface area contributed by atoms with Crippen molar-refractivity contribution in [1.29, 1.82) is 0 Å². The Morgan fingerprint density at radius 3 is 2.86 bits per heavy atom. The van der Waals surface area contributed by atoms with Crippen molar-refractivity contribution in [2.24, 2.45) is 10.9 Å². The number of aromatic nitrogens is 1. The highest BCUT2D eigenvalue weighted by Gasteiger charge is 2.21. The van der Waals surface area contributed by atoms with Crippen LogP contribution in [0.2, 0.25) is 0 Å². The maximum Gasteiger partial charge on any atom is 0.191 e. The van der Waals surface area contributed by atoms with Gasteiger partial charge in [0.2, 0.25) is 0 Å². The second-order valence-corrected chi connectivity index (χ2v) is 8.51.